The molecule has 0 fully saturated rings. The molecule has 0 atom stereocenters. The van der Waals surface area contributed by atoms with Gasteiger partial charge in [-0.15, -0.1) is 0 Å². The van der Waals surface area contributed by atoms with E-state index in [4.69, 9.17) is 0 Å². The monoisotopic (exact) mass is 340 g/mol. The zero-order valence-corrected chi connectivity index (χ0v) is 13.9. The minimum absolute atomic E-state index is 0.164. The lowest BCUT2D eigenvalue weighted by molar-refractivity contribution is -0.137. The van der Waals surface area contributed by atoms with Crippen molar-refractivity contribution in [2.24, 2.45) is 0 Å². The quantitative estimate of drug-likeness (QED) is 0.615. The van der Waals surface area contributed by atoms with Gasteiger partial charge in [0, 0.05) is 16.8 Å². The van der Waals surface area contributed by atoms with Gasteiger partial charge in [-0.1, -0.05) is 48.5 Å². The number of nitrogens with zero attached hydrogens (tertiary/aromatic N) is 2. The molecule has 0 saturated carbocycles. The molecule has 0 unspecified atom stereocenters. The van der Waals surface area contributed by atoms with Crippen molar-refractivity contribution in [3.05, 3.63) is 66.2 Å². The molecule has 0 radical (unpaired) electrons. The SMILES string of the molecule is CN1B(c2ccc(C(F)(F)F)cc2)N(C)c2cccc3cccc1c23. The summed E-state index contributed by atoms with van der Waals surface area (Å²) in [4.78, 5) is 4.22. The molecular formula is C19H16BF3N2. The molecule has 25 heavy (non-hydrogen) atoms. The van der Waals surface area contributed by atoms with Crippen LogP contribution in [0.2, 0.25) is 0 Å². The topological polar surface area (TPSA) is 6.48 Å². The number of hydrogen-bond acceptors (Lipinski definition) is 2. The summed E-state index contributed by atoms with van der Waals surface area (Å²) in [5, 5.41) is 2.32. The Bertz CT molecular complexity index is 893. The molecule has 3 aromatic rings. The normalized spacial score (nSPS) is 14.4. The molecule has 2 nitrogen and oxygen atoms in total. The Balaban J connectivity index is 1.82. The van der Waals surface area contributed by atoms with Gasteiger partial charge in [-0.25, -0.2) is 0 Å². The first-order valence-corrected chi connectivity index (χ1v) is 8.02. The number of rotatable bonds is 1. The summed E-state index contributed by atoms with van der Waals surface area (Å²) in [5.74, 6) is 0. The molecule has 0 aromatic heterocycles. The molecule has 1 aliphatic rings. The second-order valence-corrected chi connectivity index (χ2v) is 6.37. The van der Waals surface area contributed by atoms with Crippen LogP contribution in [0.3, 0.4) is 0 Å². The van der Waals surface area contributed by atoms with Crippen molar-refractivity contribution in [2.45, 2.75) is 6.18 Å². The van der Waals surface area contributed by atoms with Crippen molar-refractivity contribution in [3.8, 4) is 0 Å². The first-order valence-electron chi connectivity index (χ1n) is 8.02. The third-order valence-corrected chi connectivity index (χ3v) is 4.89. The zero-order chi connectivity index (χ0) is 17.8. The van der Waals surface area contributed by atoms with Crippen LogP contribution >= 0.6 is 0 Å². The van der Waals surface area contributed by atoms with Crippen LogP contribution in [0.25, 0.3) is 10.8 Å². The summed E-state index contributed by atoms with van der Waals surface area (Å²) in [5.41, 5.74) is 2.36. The largest absolute Gasteiger partial charge is 0.416 e. The number of anilines is 2. The van der Waals surface area contributed by atoms with Crippen LogP contribution in [0.1, 0.15) is 5.56 Å². The van der Waals surface area contributed by atoms with Gasteiger partial charge >= 0.3 is 13.2 Å². The molecule has 1 heterocycles. The first kappa shape index (κ1) is 15.9. The number of alkyl halides is 3. The molecule has 6 heteroatoms. The van der Waals surface area contributed by atoms with Crippen molar-refractivity contribution in [2.75, 3.05) is 23.7 Å². The van der Waals surface area contributed by atoms with E-state index in [9.17, 15) is 13.2 Å². The molecule has 3 aromatic carbocycles. The van der Waals surface area contributed by atoms with Crippen LogP contribution in [0, 0.1) is 0 Å². The Labute approximate surface area is 144 Å². The van der Waals surface area contributed by atoms with Crippen LogP contribution < -0.4 is 15.1 Å². The van der Waals surface area contributed by atoms with E-state index < -0.39 is 11.7 Å². The fraction of sp³-hybridized carbons (Fsp3) is 0.158. The maximum atomic E-state index is 12.8. The Morgan fingerprint density at radius 2 is 1.28 bits per heavy atom. The van der Waals surface area contributed by atoms with Gasteiger partial charge in [-0.2, -0.15) is 13.2 Å². The summed E-state index contributed by atoms with van der Waals surface area (Å²) < 4.78 is 38.5. The summed E-state index contributed by atoms with van der Waals surface area (Å²) in [7, 11) is 3.95. The highest BCUT2D eigenvalue weighted by Gasteiger charge is 2.36. The van der Waals surface area contributed by atoms with E-state index >= 15 is 0 Å². The lowest BCUT2D eigenvalue weighted by Crippen LogP contribution is -2.59. The third kappa shape index (κ3) is 2.44. The molecule has 126 valence electrons. The Hall–Kier alpha value is -2.63. The average molecular weight is 340 g/mol. The van der Waals surface area contributed by atoms with Crippen LogP contribution in [0.4, 0.5) is 24.5 Å². The fourth-order valence-corrected chi connectivity index (χ4v) is 3.70. The molecular weight excluding hydrogens is 324 g/mol. The highest BCUT2D eigenvalue weighted by atomic mass is 19.4. The van der Waals surface area contributed by atoms with E-state index in [0.717, 1.165) is 39.7 Å². The van der Waals surface area contributed by atoms with Gasteiger partial charge in [0.05, 0.1) is 5.56 Å². The molecule has 1 aliphatic heterocycles. The summed E-state index contributed by atoms with van der Waals surface area (Å²) in [6.07, 6.45) is -4.32. The van der Waals surface area contributed by atoms with Gasteiger partial charge in [0.2, 0.25) is 0 Å². The maximum absolute atomic E-state index is 12.8. The highest BCUT2D eigenvalue weighted by Crippen LogP contribution is 2.39. The number of benzene rings is 3. The number of halogens is 3. The van der Waals surface area contributed by atoms with Gasteiger partial charge in [0.1, 0.15) is 0 Å². The minimum Gasteiger partial charge on any atom is -0.394 e. The standard InChI is InChI=1S/C19H16BF3N2/c1-24-16-7-3-5-13-6-4-8-17(18(13)16)25(2)20(24)15-11-9-14(10-12-15)19(21,22)23/h3-12H,1-2H3. The van der Waals surface area contributed by atoms with Gasteiger partial charge in [-0.3, -0.25) is 0 Å². The molecule has 0 N–H and O–H groups in total. The predicted octanol–water partition coefficient (Wildman–Crippen LogP) is 4.14. The second-order valence-electron chi connectivity index (χ2n) is 6.37. The first-order chi connectivity index (χ1) is 11.9. The van der Waals surface area contributed by atoms with Crippen molar-refractivity contribution in [3.63, 3.8) is 0 Å². The van der Waals surface area contributed by atoms with Crippen molar-refractivity contribution in [1.29, 1.82) is 0 Å². The minimum atomic E-state index is -4.32. The van der Waals surface area contributed by atoms with Crippen LogP contribution in [0.5, 0.6) is 0 Å². The van der Waals surface area contributed by atoms with E-state index in [1.165, 1.54) is 0 Å². The summed E-state index contributed by atoms with van der Waals surface area (Å²) >= 11 is 0. The number of hydrogen-bond donors (Lipinski definition) is 0. The lowest BCUT2D eigenvalue weighted by atomic mass is 9.62. The van der Waals surface area contributed by atoms with E-state index in [1.54, 1.807) is 12.1 Å². The zero-order valence-electron chi connectivity index (χ0n) is 13.9. The molecule has 0 amide bonds. The Morgan fingerprint density at radius 3 is 1.76 bits per heavy atom. The maximum Gasteiger partial charge on any atom is 0.416 e. The second kappa shape index (κ2) is 5.44. The summed E-state index contributed by atoms with van der Waals surface area (Å²) in [6, 6.07) is 17.7. The lowest BCUT2D eigenvalue weighted by Gasteiger charge is -2.41. The Kier molecular flexibility index (Phi) is 3.46. The average Bonchev–Trinajstić information content (AvgIpc) is 2.59. The van der Waals surface area contributed by atoms with Crippen molar-refractivity contribution < 1.29 is 13.2 Å². The van der Waals surface area contributed by atoms with E-state index in [2.05, 4.69) is 33.9 Å². The summed E-state index contributed by atoms with van der Waals surface area (Å²) in [6.45, 7) is -0.164. The predicted molar refractivity (Wildman–Crippen MR) is 97.6 cm³/mol. The molecule has 0 spiro atoms. The van der Waals surface area contributed by atoms with Crippen molar-refractivity contribution in [1.82, 2.24) is 0 Å². The van der Waals surface area contributed by atoms with Crippen LogP contribution in [-0.2, 0) is 6.18 Å². The van der Waals surface area contributed by atoms with E-state index in [-0.39, 0.29) is 6.98 Å². The fourth-order valence-electron chi connectivity index (χ4n) is 3.70. The van der Waals surface area contributed by atoms with Crippen molar-refractivity contribution >= 4 is 34.6 Å². The molecule has 0 saturated heterocycles. The van der Waals surface area contributed by atoms with Crippen LogP contribution in [-0.4, -0.2) is 21.1 Å². The molecule has 0 aliphatic carbocycles. The molecule has 4 rings (SSSR count). The highest BCUT2D eigenvalue weighted by molar-refractivity contribution is 6.81. The Morgan fingerprint density at radius 1 is 0.760 bits per heavy atom. The van der Waals surface area contributed by atoms with Gasteiger partial charge in [0.15, 0.2) is 0 Å². The van der Waals surface area contributed by atoms with Gasteiger partial charge < -0.3 is 9.62 Å². The van der Waals surface area contributed by atoms with E-state index in [0.29, 0.717) is 0 Å². The third-order valence-electron chi connectivity index (χ3n) is 4.89. The van der Waals surface area contributed by atoms with Gasteiger partial charge in [-0.05, 0) is 37.1 Å². The molecule has 0 bridgehead atoms. The van der Waals surface area contributed by atoms with E-state index in [1.807, 2.05) is 26.2 Å². The smallest absolute Gasteiger partial charge is 0.394 e. The van der Waals surface area contributed by atoms with Crippen LogP contribution in [0.15, 0.2) is 60.7 Å². The van der Waals surface area contributed by atoms with Gasteiger partial charge in [0.25, 0.3) is 0 Å².